The second-order valence-corrected chi connectivity index (χ2v) is 5.97. The van der Waals surface area contributed by atoms with Gasteiger partial charge in [-0.1, -0.05) is 12.1 Å². The van der Waals surface area contributed by atoms with Crippen molar-refractivity contribution in [3.63, 3.8) is 0 Å². The van der Waals surface area contributed by atoms with Crippen LogP contribution in [0.4, 0.5) is 5.69 Å². The maximum Gasteiger partial charge on any atom is 0.253 e. The molecule has 1 aromatic rings. The Morgan fingerprint density at radius 2 is 2.16 bits per heavy atom. The molecule has 5 heteroatoms. The number of rotatable bonds is 4. The summed E-state index contributed by atoms with van der Waals surface area (Å²) in [7, 11) is 0. The minimum Gasteiger partial charge on any atom is -0.398 e. The van der Waals surface area contributed by atoms with Gasteiger partial charge in [-0.3, -0.25) is 9.69 Å². The summed E-state index contributed by atoms with van der Waals surface area (Å²) < 4.78 is 0. The zero-order valence-corrected chi connectivity index (χ0v) is 12.1. The summed E-state index contributed by atoms with van der Waals surface area (Å²) in [6, 6.07) is 5.55. The van der Waals surface area contributed by atoms with Gasteiger partial charge in [0.05, 0.1) is 5.56 Å². The van der Waals surface area contributed by atoms with E-state index in [-0.39, 0.29) is 5.91 Å². The monoisotopic (exact) mass is 279 g/mol. The molecule has 1 fully saturated rings. The van der Waals surface area contributed by atoms with E-state index in [4.69, 9.17) is 5.73 Å². The van der Waals surface area contributed by atoms with Gasteiger partial charge < -0.3 is 11.1 Å². The Morgan fingerprint density at radius 3 is 2.89 bits per heavy atom. The van der Waals surface area contributed by atoms with E-state index in [2.05, 4.69) is 10.2 Å². The molecule has 1 aromatic carbocycles. The molecule has 0 bridgehead atoms. The Morgan fingerprint density at radius 1 is 1.42 bits per heavy atom. The lowest BCUT2D eigenvalue weighted by molar-refractivity contribution is 0.0950. The molecule has 19 heavy (non-hydrogen) atoms. The van der Waals surface area contributed by atoms with Gasteiger partial charge in [0.2, 0.25) is 0 Å². The Bertz CT molecular complexity index is 444. The molecule has 0 saturated carbocycles. The highest BCUT2D eigenvalue weighted by Crippen LogP contribution is 2.16. The molecule has 1 saturated heterocycles. The predicted octanol–water partition coefficient (Wildman–Crippen LogP) is 1.36. The molecular weight excluding hydrogens is 258 g/mol. The number of nitrogens with two attached hydrogens (primary N) is 1. The molecule has 0 unspecified atom stereocenters. The van der Waals surface area contributed by atoms with E-state index >= 15 is 0 Å². The third kappa shape index (κ3) is 3.88. The summed E-state index contributed by atoms with van der Waals surface area (Å²) in [6.45, 7) is 5.74. The van der Waals surface area contributed by atoms with Gasteiger partial charge in [-0.15, -0.1) is 0 Å². The van der Waals surface area contributed by atoms with Crippen molar-refractivity contribution in [1.82, 2.24) is 10.2 Å². The quantitative estimate of drug-likeness (QED) is 0.817. The van der Waals surface area contributed by atoms with Crippen LogP contribution in [0.5, 0.6) is 0 Å². The van der Waals surface area contributed by atoms with Gasteiger partial charge in [-0.05, 0) is 18.6 Å². The van der Waals surface area contributed by atoms with Crippen molar-refractivity contribution in [1.29, 1.82) is 0 Å². The average Bonchev–Trinajstić information content (AvgIpc) is 2.43. The topological polar surface area (TPSA) is 58.4 Å². The Hall–Kier alpha value is -1.20. The normalized spacial score (nSPS) is 16.3. The highest BCUT2D eigenvalue weighted by molar-refractivity contribution is 7.99. The molecule has 1 heterocycles. The number of para-hydroxylation sites is 1. The van der Waals surface area contributed by atoms with Gasteiger partial charge in [0, 0.05) is 43.4 Å². The van der Waals surface area contributed by atoms with Crippen molar-refractivity contribution in [2.45, 2.75) is 6.92 Å². The zero-order chi connectivity index (χ0) is 13.7. The number of carbonyl (C=O) groups excluding carboxylic acids is 1. The third-order valence-electron chi connectivity index (χ3n) is 3.39. The second kappa shape index (κ2) is 6.82. The summed E-state index contributed by atoms with van der Waals surface area (Å²) in [5, 5.41) is 2.95. The molecule has 0 aromatic heterocycles. The second-order valence-electron chi connectivity index (χ2n) is 4.75. The fourth-order valence-electron chi connectivity index (χ4n) is 2.13. The molecule has 0 spiro atoms. The Kier molecular flexibility index (Phi) is 5.10. The number of amides is 1. The van der Waals surface area contributed by atoms with Crippen molar-refractivity contribution < 1.29 is 4.79 Å². The molecule has 1 amide bonds. The maximum atomic E-state index is 12.0. The molecule has 1 aliphatic rings. The first-order chi connectivity index (χ1) is 9.18. The van der Waals surface area contributed by atoms with Crippen LogP contribution in [0.3, 0.4) is 0 Å². The molecule has 0 atom stereocenters. The van der Waals surface area contributed by atoms with E-state index in [0.29, 0.717) is 17.8 Å². The number of carbonyl (C=O) groups is 1. The first-order valence-electron chi connectivity index (χ1n) is 6.62. The van der Waals surface area contributed by atoms with E-state index in [1.165, 1.54) is 11.5 Å². The van der Waals surface area contributed by atoms with E-state index in [1.54, 1.807) is 6.07 Å². The van der Waals surface area contributed by atoms with E-state index in [1.807, 2.05) is 30.8 Å². The molecule has 4 nitrogen and oxygen atoms in total. The van der Waals surface area contributed by atoms with Crippen LogP contribution in [0.25, 0.3) is 0 Å². The van der Waals surface area contributed by atoms with Gasteiger partial charge in [-0.25, -0.2) is 0 Å². The summed E-state index contributed by atoms with van der Waals surface area (Å²) in [4.78, 5) is 14.4. The molecule has 3 N–H and O–H groups in total. The molecule has 104 valence electrons. The number of aryl methyl sites for hydroxylation is 1. The van der Waals surface area contributed by atoms with Gasteiger partial charge in [0.25, 0.3) is 5.91 Å². The van der Waals surface area contributed by atoms with Gasteiger partial charge in [0.1, 0.15) is 0 Å². The molecular formula is C14H21N3OS. The van der Waals surface area contributed by atoms with E-state index in [0.717, 1.165) is 25.2 Å². The molecule has 0 radical (unpaired) electrons. The molecule has 2 rings (SSSR count). The van der Waals surface area contributed by atoms with Crippen molar-refractivity contribution in [2.24, 2.45) is 0 Å². The van der Waals surface area contributed by atoms with Crippen LogP contribution < -0.4 is 11.1 Å². The first kappa shape index (κ1) is 14.2. The first-order valence-corrected chi connectivity index (χ1v) is 7.77. The van der Waals surface area contributed by atoms with Crippen molar-refractivity contribution >= 4 is 23.4 Å². The number of hydrogen-bond donors (Lipinski definition) is 2. The van der Waals surface area contributed by atoms with Crippen LogP contribution in [-0.4, -0.2) is 48.5 Å². The van der Waals surface area contributed by atoms with Crippen LogP contribution >= 0.6 is 11.8 Å². The number of thioether (sulfide) groups is 1. The summed E-state index contributed by atoms with van der Waals surface area (Å²) >= 11 is 1.99. The largest absolute Gasteiger partial charge is 0.398 e. The zero-order valence-electron chi connectivity index (χ0n) is 11.3. The number of nitrogen functional groups attached to an aromatic ring is 1. The molecule has 1 aliphatic heterocycles. The smallest absolute Gasteiger partial charge is 0.253 e. The minimum absolute atomic E-state index is 0.0763. The summed E-state index contributed by atoms with van der Waals surface area (Å²) in [5.41, 5.74) is 8.03. The van der Waals surface area contributed by atoms with E-state index in [9.17, 15) is 4.79 Å². The number of hydrogen-bond acceptors (Lipinski definition) is 4. The lowest BCUT2D eigenvalue weighted by Gasteiger charge is -2.26. The van der Waals surface area contributed by atoms with Gasteiger partial charge >= 0.3 is 0 Å². The van der Waals surface area contributed by atoms with Crippen molar-refractivity contribution in [3.8, 4) is 0 Å². The van der Waals surface area contributed by atoms with Gasteiger partial charge in [0.15, 0.2) is 0 Å². The minimum atomic E-state index is -0.0763. The number of benzene rings is 1. The van der Waals surface area contributed by atoms with Crippen LogP contribution in [0.1, 0.15) is 15.9 Å². The van der Waals surface area contributed by atoms with Gasteiger partial charge in [-0.2, -0.15) is 11.8 Å². The number of anilines is 1. The SMILES string of the molecule is Cc1cccc(C(=O)NCCN2CCSCC2)c1N. The highest BCUT2D eigenvalue weighted by atomic mass is 32.2. The lowest BCUT2D eigenvalue weighted by Crippen LogP contribution is -2.39. The fraction of sp³-hybridized carbons (Fsp3) is 0.500. The van der Waals surface area contributed by atoms with Crippen LogP contribution in [0.2, 0.25) is 0 Å². The Labute approximate surface area is 118 Å². The van der Waals surface area contributed by atoms with Crippen molar-refractivity contribution in [2.75, 3.05) is 43.4 Å². The summed E-state index contributed by atoms with van der Waals surface area (Å²) in [6.07, 6.45) is 0. The average molecular weight is 279 g/mol. The maximum absolute atomic E-state index is 12.0. The standard InChI is InChI=1S/C14H21N3OS/c1-11-3-2-4-12(13(11)15)14(18)16-5-6-17-7-9-19-10-8-17/h2-4H,5-10,15H2,1H3,(H,16,18). The number of nitrogens with zero attached hydrogens (tertiary/aromatic N) is 1. The lowest BCUT2D eigenvalue weighted by atomic mass is 10.1. The predicted molar refractivity (Wildman–Crippen MR) is 81.7 cm³/mol. The van der Waals surface area contributed by atoms with Crippen LogP contribution in [0.15, 0.2) is 18.2 Å². The van der Waals surface area contributed by atoms with Crippen LogP contribution in [0, 0.1) is 6.92 Å². The summed E-state index contributed by atoms with van der Waals surface area (Å²) in [5.74, 6) is 2.31. The molecule has 0 aliphatic carbocycles. The number of nitrogens with one attached hydrogen (secondary N) is 1. The van der Waals surface area contributed by atoms with Crippen LogP contribution in [-0.2, 0) is 0 Å². The Balaban J connectivity index is 1.82. The van der Waals surface area contributed by atoms with E-state index < -0.39 is 0 Å². The van der Waals surface area contributed by atoms with Crippen molar-refractivity contribution in [3.05, 3.63) is 29.3 Å². The fourth-order valence-corrected chi connectivity index (χ4v) is 3.10. The third-order valence-corrected chi connectivity index (χ3v) is 4.33. The highest BCUT2D eigenvalue weighted by Gasteiger charge is 2.12.